The van der Waals surface area contributed by atoms with Crippen LogP contribution in [0.2, 0.25) is 0 Å². The van der Waals surface area contributed by atoms with Crippen molar-refractivity contribution in [3.05, 3.63) is 36.3 Å². The zero-order chi connectivity index (χ0) is 20.3. The number of methoxy groups -OCH3 is 1. The van der Waals surface area contributed by atoms with Gasteiger partial charge in [0.25, 0.3) is 0 Å². The molecule has 0 aliphatic heterocycles. The summed E-state index contributed by atoms with van der Waals surface area (Å²) in [6.45, 7) is 3.06. The van der Waals surface area contributed by atoms with Gasteiger partial charge in [0.2, 0.25) is 5.88 Å². The molecule has 0 saturated heterocycles. The van der Waals surface area contributed by atoms with Gasteiger partial charge >= 0.3 is 6.09 Å². The quantitative estimate of drug-likeness (QED) is 0.669. The van der Waals surface area contributed by atoms with Gasteiger partial charge in [-0.25, -0.2) is 19.3 Å². The predicted molar refractivity (Wildman–Crippen MR) is 106 cm³/mol. The highest BCUT2D eigenvalue weighted by Crippen LogP contribution is 2.31. The first-order valence-electron chi connectivity index (χ1n) is 8.92. The third kappa shape index (κ3) is 3.98. The number of carboxylic acid groups (broad SMARTS) is 1. The lowest BCUT2D eigenvalue weighted by atomic mass is 10.1. The highest BCUT2D eigenvalue weighted by Gasteiger charge is 2.15. The number of amides is 1. The molecular formula is C19H24N6O3. The van der Waals surface area contributed by atoms with Crippen LogP contribution in [0.5, 0.6) is 5.88 Å². The van der Waals surface area contributed by atoms with Gasteiger partial charge in [0, 0.05) is 44.6 Å². The number of anilines is 1. The van der Waals surface area contributed by atoms with Gasteiger partial charge in [-0.2, -0.15) is 5.10 Å². The van der Waals surface area contributed by atoms with Crippen molar-refractivity contribution in [1.29, 1.82) is 0 Å². The standard InChI is InChI=1S/C19H24N6O3/c1-13-6-7-14(18(21-13)28-4)15-12-20-25-11-8-16(22-17(15)25)23(2)9-5-10-24(3)19(26)27/h6-8,11-12H,5,9-10H2,1-4H3,(H,26,27). The monoisotopic (exact) mass is 384 g/mol. The molecule has 0 unspecified atom stereocenters. The minimum absolute atomic E-state index is 0.464. The molecular weight excluding hydrogens is 360 g/mol. The van der Waals surface area contributed by atoms with Crippen LogP contribution in [0.25, 0.3) is 16.8 Å². The Balaban J connectivity index is 1.85. The molecule has 0 radical (unpaired) electrons. The van der Waals surface area contributed by atoms with E-state index in [0.29, 0.717) is 31.0 Å². The van der Waals surface area contributed by atoms with Gasteiger partial charge in [0.1, 0.15) is 5.82 Å². The van der Waals surface area contributed by atoms with Crippen LogP contribution in [0, 0.1) is 6.92 Å². The lowest BCUT2D eigenvalue weighted by Crippen LogP contribution is -2.29. The summed E-state index contributed by atoms with van der Waals surface area (Å²) in [4.78, 5) is 23.3. The van der Waals surface area contributed by atoms with Gasteiger partial charge in [-0.1, -0.05) is 0 Å². The van der Waals surface area contributed by atoms with Crippen molar-refractivity contribution in [2.75, 3.05) is 39.2 Å². The van der Waals surface area contributed by atoms with E-state index in [9.17, 15) is 4.79 Å². The normalized spacial score (nSPS) is 10.9. The van der Waals surface area contributed by atoms with Crippen LogP contribution in [0.3, 0.4) is 0 Å². The molecule has 1 amide bonds. The molecule has 9 nitrogen and oxygen atoms in total. The Hall–Kier alpha value is -3.36. The van der Waals surface area contributed by atoms with E-state index in [1.165, 1.54) is 4.90 Å². The Morgan fingerprint density at radius 1 is 1.18 bits per heavy atom. The van der Waals surface area contributed by atoms with Crippen molar-refractivity contribution in [2.24, 2.45) is 0 Å². The number of rotatable bonds is 7. The molecule has 0 bridgehead atoms. The van der Waals surface area contributed by atoms with E-state index in [4.69, 9.17) is 14.8 Å². The van der Waals surface area contributed by atoms with E-state index < -0.39 is 6.09 Å². The molecule has 1 N–H and O–H groups in total. The minimum atomic E-state index is -0.924. The number of hydrogen-bond donors (Lipinski definition) is 1. The summed E-state index contributed by atoms with van der Waals surface area (Å²) >= 11 is 0. The van der Waals surface area contributed by atoms with Crippen LogP contribution < -0.4 is 9.64 Å². The van der Waals surface area contributed by atoms with Crippen molar-refractivity contribution in [1.82, 2.24) is 24.5 Å². The number of nitrogens with zero attached hydrogens (tertiary/aromatic N) is 6. The number of aromatic nitrogens is 4. The molecule has 9 heteroatoms. The number of hydrogen-bond acceptors (Lipinski definition) is 6. The molecule has 3 rings (SSSR count). The van der Waals surface area contributed by atoms with E-state index in [1.807, 2.05) is 43.3 Å². The maximum absolute atomic E-state index is 10.9. The van der Waals surface area contributed by atoms with E-state index >= 15 is 0 Å². The third-order valence-electron chi connectivity index (χ3n) is 4.54. The fourth-order valence-corrected chi connectivity index (χ4v) is 2.91. The van der Waals surface area contributed by atoms with Crippen LogP contribution in [-0.2, 0) is 0 Å². The smallest absolute Gasteiger partial charge is 0.407 e. The first-order valence-corrected chi connectivity index (χ1v) is 8.92. The zero-order valence-corrected chi connectivity index (χ0v) is 16.5. The minimum Gasteiger partial charge on any atom is -0.481 e. The molecule has 0 fully saturated rings. The lowest BCUT2D eigenvalue weighted by molar-refractivity contribution is 0.155. The molecule has 0 aliphatic rings. The highest BCUT2D eigenvalue weighted by atomic mass is 16.5. The number of fused-ring (bicyclic) bond motifs is 1. The predicted octanol–water partition coefficient (Wildman–Crippen LogP) is 2.54. The topological polar surface area (TPSA) is 96.1 Å². The molecule has 0 atom stereocenters. The largest absolute Gasteiger partial charge is 0.481 e. The second-order valence-electron chi connectivity index (χ2n) is 6.60. The van der Waals surface area contributed by atoms with E-state index in [0.717, 1.165) is 22.6 Å². The van der Waals surface area contributed by atoms with Crippen molar-refractivity contribution < 1.29 is 14.6 Å². The fraction of sp³-hybridized carbons (Fsp3) is 0.368. The lowest BCUT2D eigenvalue weighted by Gasteiger charge is -2.20. The van der Waals surface area contributed by atoms with Crippen molar-refractivity contribution in [3.63, 3.8) is 0 Å². The van der Waals surface area contributed by atoms with Gasteiger partial charge in [-0.15, -0.1) is 0 Å². The first kappa shape index (κ1) is 19.4. The van der Waals surface area contributed by atoms with Gasteiger partial charge in [-0.05, 0) is 31.5 Å². The van der Waals surface area contributed by atoms with Gasteiger partial charge in [0.15, 0.2) is 5.65 Å². The van der Waals surface area contributed by atoms with Crippen LogP contribution in [-0.4, -0.2) is 70.0 Å². The highest BCUT2D eigenvalue weighted by molar-refractivity contribution is 5.80. The number of pyridine rings is 1. The molecule has 0 aromatic carbocycles. The SMILES string of the molecule is COc1nc(C)ccc1-c1cnn2ccc(N(C)CCCN(C)C(=O)O)nc12. The number of ether oxygens (including phenoxy) is 1. The third-order valence-corrected chi connectivity index (χ3v) is 4.54. The average molecular weight is 384 g/mol. The molecule has 0 aliphatic carbocycles. The van der Waals surface area contributed by atoms with Gasteiger partial charge < -0.3 is 19.6 Å². The first-order chi connectivity index (χ1) is 13.4. The van der Waals surface area contributed by atoms with Crippen LogP contribution in [0.4, 0.5) is 10.6 Å². The van der Waals surface area contributed by atoms with E-state index in [1.54, 1.807) is 24.9 Å². The van der Waals surface area contributed by atoms with Gasteiger partial charge in [-0.3, -0.25) is 0 Å². The van der Waals surface area contributed by atoms with Crippen molar-refractivity contribution >= 4 is 17.6 Å². The summed E-state index contributed by atoms with van der Waals surface area (Å²) in [5, 5.41) is 13.3. The molecule has 3 heterocycles. The van der Waals surface area contributed by atoms with E-state index in [-0.39, 0.29) is 0 Å². The summed E-state index contributed by atoms with van der Waals surface area (Å²) in [5.41, 5.74) is 3.25. The van der Waals surface area contributed by atoms with E-state index in [2.05, 4.69) is 10.1 Å². The van der Waals surface area contributed by atoms with Crippen LogP contribution in [0.1, 0.15) is 12.1 Å². The maximum Gasteiger partial charge on any atom is 0.407 e. The summed E-state index contributed by atoms with van der Waals surface area (Å²) in [6, 6.07) is 5.77. The van der Waals surface area contributed by atoms with Crippen LogP contribution >= 0.6 is 0 Å². The second-order valence-corrected chi connectivity index (χ2v) is 6.60. The molecule has 28 heavy (non-hydrogen) atoms. The Labute approximate surface area is 163 Å². The Kier molecular flexibility index (Phi) is 5.62. The van der Waals surface area contributed by atoms with Crippen molar-refractivity contribution in [3.8, 4) is 17.0 Å². The second kappa shape index (κ2) is 8.12. The van der Waals surface area contributed by atoms with Gasteiger partial charge in [0.05, 0.1) is 18.9 Å². The Morgan fingerprint density at radius 2 is 1.96 bits per heavy atom. The average Bonchev–Trinajstić information content (AvgIpc) is 3.10. The zero-order valence-electron chi connectivity index (χ0n) is 16.5. The Morgan fingerprint density at radius 3 is 2.68 bits per heavy atom. The number of carbonyl (C=O) groups is 1. The summed E-state index contributed by atoms with van der Waals surface area (Å²) in [6.07, 6.45) is 3.39. The number of aryl methyl sites for hydroxylation is 1. The molecule has 0 spiro atoms. The Bertz CT molecular complexity index is 987. The van der Waals surface area contributed by atoms with Crippen LogP contribution in [0.15, 0.2) is 30.6 Å². The molecule has 0 saturated carbocycles. The molecule has 3 aromatic rings. The van der Waals surface area contributed by atoms with Crippen molar-refractivity contribution in [2.45, 2.75) is 13.3 Å². The summed E-state index contributed by atoms with van der Waals surface area (Å²) < 4.78 is 7.14. The molecule has 148 valence electrons. The summed E-state index contributed by atoms with van der Waals surface area (Å²) in [5.74, 6) is 1.32. The summed E-state index contributed by atoms with van der Waals surface area (Å²) in [7, 11) is 5.09. The molecule has 3 aromatic heterocycles. The maximum atomic E-state index is 10.9. The fourth-order valence-electron chi connectivity index (χ4n) is 2.91.